The maximum absolute atomic E-state index is 12.9. The van der Waals surface area contributed by atoms with E-state index < -0.39 is 22.3 Å². The van der Waals surface area contributed by atoms with Crippen LogP contribution in [0.15, 0.2) is 18.2 Å². The number of hydrogen-bond acceptors (Lipinski definition) is 4. The van der Waals surface area contributed by atoms with Crippen molar-refractivity contribution in [2.24, 2.45) is 0 Å². The molecule has 4 nitrogen and oxygen atoms in total. The van der Waals surface area contributed by atoms with Crippen LogP contribution in [0.25, 0.3) is 0 Å². The molecule has 0 unspecified atom stereocenters. The molecule has 0 spiro atoms. The van der Waals surface area contributed by atoms with Crippen molar-refractivity contribution in [2.45, 2.75) is 6.92 Å². The van der Waals surface area contributed by atoms with E-state index in [1.165, 1.54) is 20.1 Å². The third-order valence-corrected chi connectivity index (χ3v) is 4.33. The summed E-state index contributed by atoms with van der Waals surface area (Å²) in [5.74, 6) is -0.716. The Morgan fingerprint density at radius 1 is 1.24 bits per heavy atom. The standard InChI is InChI=1S/C11H15BF3O4S.K/c1-3-20(16,17)7-6-19-11-5-4-9(18-2)8-10(11)12(13,14)15;/h4-5,8H,3,6-7H2,1-2H3;/q-1;+1. The molecule has 0 aromatic heterocycles. The van der Waals surface area contributed by atoms with E-state index >= 15 is 0 Å². The number of halogens is 3. The van der Waals surface area contributed by atoms with Crippen LogP contribution in [0.3, 0.4) is 0 Å². The van der Waals surface area contributed by atoms with Gasteiger partial charge in [0.15, 0.2) is 9.84 Å². The molecule has 0 heterocycles. The normalized spacial score (nSPS) is 11.7. The first-order valence-corrected chi connectivity index (χ1v) is 7.73. The number of benzene rings is 1. The first-order chi connectivity index (χ1) is 9.19. The SMILES string of the molecule is CCS(=O)(=O)CCOc1ccc(OC)cc1[B-](F)(F)F.[K+]. The van der Waals surface area contributed by atoms with Crippen LogP contribution in [0.5, 0.6) is 11.5 Å². The molecule has 21 heavy (non-hydrogen) atoms. The number of methoxy groups -OCH3 is 1. The minimum Gasteiger partial charge on any atom is -0.497 e. The molecular formula is C11H15BF3KO4S. The molecule has 1 rings (SSSR count). The van der Waals surface area contributed by atoms with Crippen LogP contribution < -0.4 is 66.3 Å². The zero-order chi connectivity index (χ0) is 15.4. The molecule has 0 saturated carbocycles. The molecule has 1 aromatic carbocycles. The molecule has 0 amide bonds. The fraction of sp³-hybridized carbons (Fsp3) is 0.455. The molecule has 1 aromatic rings. The van der Waals surface area contributed by atoms with E-state index in [-0.39, 0.29) is 81.0 Å². The number of ether oxygens (including phenoxy) is 2. The van der Waals surface area contributed by atoms with Crippen LogP contribution in [0.4, 0.5) is 12.9 Å². The first-order valence-electron chi connectivity index (χ1n) is 5.90. The summed E-state index contributed by atoms with van der Waals surface area (Å²) in [5, 5.41) is 0. The van der Waals surface area contributed by atoms with Crippen molar-refractivity contribution in [3.63, 3.8) is 0 Å². The molecule has 0 radical (unpaired) electrons. The van der Waals surface area contributed by atoms with Crippen molar-refractivity contribution in [1.82, 2.24) is 0 Å². The van der Waals surface area contributed by atoms with Gasteiger partial charge in [-0.1, -0.05) is 12.4 Å². The maximum Gasteiger partial charge on any atom is 1.00 e. The Balaban J connectivity index is 0.00000400. The smallest absolute Gasteiger partial charge is 0.497 e. The van der Waals surface area contributed by atoms with Crippen LogP contribution in [0.1, 0.15) is 6.92 Å². The van der Waals surface area contributed by atoms with Gasteiger partial charge in [-0.05, 0) is 18.2 Å². The summed E-state index contributed by atoms with van der Waals surface area (Å²) in [6, 6.07) is 3.29. The Morgan fingerprint density at radius 2 is 1.86 bits per heavy atom. The van der Waals surface area contributed by atoms with Crippen molar-refractivity contribution in [3.8, 4) is 11.5 Å². The summed E-state index contributed by atoms with van der Waals surface area (Å²) in [7, 11) is -2.02. The molecule has 0 atom stereocenters. The molecule has 10 heteroatoms. The number of hydrogen-bond donors (Lipinski definition) is 0. The van der Waals surface area contributed by atoms with Crippen molar-refractivity contribution in [3.05, 3.63) is 18.2 Å². The van der Waals surface area contributed by atoms with Gasteiger partial charge in [0, 0.05) is 5.75 Å². The fourth-order valence-corrected chi connectivity index (χ4v) is 2.09. The summed E-state index contributed by atoms with van der Waals surface area (Å²) in [4.78, 5) is 0. The predicted molar refractivity (Wildman–Crippen MR) is 71.5 cm³/mol. The molecule has 0 fully saturated rings. The van der Waals surface area contributed by atoms with Gasteiger partial charge in [-0.2, -0.15) is 0 Å². The van der Waals surface area contributed by atoms with E-state index in [0.29, 0.717) is 0 Å². The molecule has 0 saturated heterocycles. The molecular weight excluding hydrogens is 335 g/mol. The van der Waals surface area contributed by atoms with Crippen LogP contribution in [-0.4, -0.2) is 40.6 Å². The summed E-state index contributed by atoms with van der Waals surface area (Å²) in [6.45, 7) is -4.12. The van der Waals surface area contributed by atoms with Gasteiger partial charge in [0.2, 0.25) is 0 Å². The summed E-state index contributed by atoms with van der Waals surface area (Å²) < 4.78 is 70.9. The van der Waals surface area contributed by atoms with Crippen LogP contribution in [-0.2, 0) is 9.84 Å². The van der Waals surface area contributed by atoms with E-state index in [1.807, 2.05) is 0 Å². The quantitative estimate of drug-likeness (QED) is 0.566. The minimum atomic E-state index is -5.27. The minimum absolute atomic E-state index is 0. The van der Waals surface area contributed by atoms with Gasteiger partial charge in [-0.25, -0.2) is 8.42 Å². The van der Waals surface area contributed by atoms with Crippen LogP contribution in [0, 0.1) is 0 Å². The maximum atomic E-state index is 12.9. The van der Waals surface area contributed by atoms with Gasteiger partial charge < -0.3 is 22.4 Å². The Morgan fingerprint density at radius 3 is 2.33 bits per heavy atom. The monoisotopic (exact) mass is 350 g/mol. The molecule has 114 valence electrons. The molecule has 0 aliphatic heterocycles. The third kappa shape index (κ3) is 6.91. The van der Waals surface area contributed by atoms with E-state index in [2.05, 4.69) is 0 Å². The van der Waals surface area contributed by atoms with Gasteiger partial charge >= 0.3 is 58.4 Å². The Labute approximate surface area is 164 Å². The van der Waals surface area contributed by atoms with Crippen molar-refractivity contribution in [2.75, 3.05) is 25.2 Å². The van der Waals surface area contributed by atoms with Crippen molar-refractivity contribution < 1.29 is 82.2 Å². The van der Waals surface area contributed by atoms with Gasteiger partial charge in [-0.15, -0.1) is 0 Å². The van der Waals surface area contributed by atoms with Gasteiger partial charge in [0.05, 0.1) is 18.6 Å². The number of rotatable bonds is 7. The van der Waals surface area contributed by atoms with Gasteiger partial charge in [-0.3, -0.25) is 0 Å². The summed E-state index contributed by atoms with van der Waals surface area (Å²) >= 11 is 0. The van der Waals surface area contributed by atoms with E-state index in [4.69, 9.17) is 9.47 Å². The second-order valence-electron chi connectivity index (χ2n) is 4.06. The van der Waals surface area contributed by atoms with E-state index in [0.717, 1.165) is 12.1 Å². The van der Waals surface area contributed by atoms with Gasteiger partial charge in [0.25, 0.3) is 0 Å². The zero-order valence-electron chi connectivity index (χ0n) is 12.1. The van der Waals surface area contributed by atoms with Gasteiger partial charge in [0.1, 0.15) is 12.4 Å². The average Bonchev–Trinajstić information content (AvgIpc) is 2.37. The first kappa shape index (κ1) is 21.3. The van der Waals surface area contributed by atoms with Crippen molar-refractivity contribution >= 4 is 22.3 Å². The zero-order valence-corrected chi connectivity index (χ0v) is 16.0. The second kappa shape index (κ2) is 8.78. The molecule has 0 aliphatic carbocycles. The third-order valence-electron chi connectivity index (χ3n) is 2.66. The summed E-state index contributed by atoms with van der Waals surface area (Å²) in [6.07, 6.45) is 0. The topological polar surface area (TPSA) is 52.6 Å². The number of sulfone groups is 1. The van der Waals surface area contributed by atoms with E-state index in [1.54, 1.807) is 0 Å². The largest absolute Gasteiger partial charge is 1.00 e. The molecule has 0 N–H and O–H groups in total. The average molecular weight is 350 g/mol. The predicted octanol–water partition coefficient (Wildman–Crippen LogP) is -1.43. The van der Waals surface area contributed by atoms with Crippen LogP contribution >= 0.6 is 0 Å². The fourth-order valence-electron chi connectivity index (χ4n) is 1.46. The Bertz CT molecular complexity index is 563. The van der Waals surface area contributed by atoms with Crippen molar-refractivity contribution in [1.29, 1.82) is 0 Å². The second-order valence-corrected chi connectivity index (χ2v) is 6.54. The van der Waals surface area contributed by atoms with Crippen LogP contribution in [0.2, 0.25) is 0 Å². The molecule has 0 aliphatic rings. The Kier molecular flexibility index (Phi) is 8.89. The summed E-state index contributed by atoms with van der Waals surface area (Å²) in [5.41, 5.74) is -0.932. The Hall–Kier alpha value is 0.261. The van der Waals surface area contributed by atoms with E-state index in [9.17, 15) is 21.4 Å². The molecule has 0 bridgehead atoms.